The number of hydrogen-bond donors (Lipinski definition) is 2. The molecule has 0 spiro atoms. The van der Waals surface area contributed by atoms with Crippen LogP contribution in [0.3, 0.4) is 0 Å². The van der Waals surface area contributed by atoms with E-state index in [9.17, 15) is 4.79 Å². The second-order valence-corrected chi connectivity index (χ2v) is 5.22. The van der Waals surface area contributed by atoms with Crippen LogP contribution in [0.25, 0.3) is 0 Å². The van der Waals surface area contributed by atoms with Crippen LogP contribution in [0.1, 0.15) is 33.1 Å². The van der Waals surface area contributed by atoms with E-state index in [2.05, 4.69) is 24.2 Å². The van der Waals surface area contributed by atoms with Crippen molar-refractivity contribution in [3.05, 3.63) is 0 Å². The molecule has 0 aromatic heterocycles. The minimum Gasteiger partial charge on any atom is -0.353 e. The molecular formula is C12H25N3O. The number of nitrogens with zero attached hydrogens (tertiary/aromatic N) is 1. The van der Waals surface area contributed by atoms with Crippen LogP contribution in [0.2, 0.25) is 0 Å². The maximum Gasteiger partial charge on any atom is 0.220 e. The Morgan fingerprint density at radius 2 is 2.31 bits per heavy atom. The van der Waals surface area contributed by atoms with Gasteiger partial charge in [-0.2, -0.15) is 0 Å². The van der Waals surface area contributed by atoms with Crippen molar-refractivity contribution in [1.29, 1.82) is 0 Å². The molecule has 1 heterocycles. The van der Waals surface area contributed by atoms with Gasteiger partial charge in [0, 0.05) is 25.0 Å². The van der Waals surface area contributed by atoms with Crippen molar-refractivity contribution in [3.8, 4) is 0 Å². The number of likely N-dealkylation sites (tertiary alicyclic amines) is 1. The van der Waals surface area contributed by atoms with E-state index in [4.69, 9.17) is 5.73 Å². The Kier molecular flexibility index (Phi) is 5.22. The van der Waals surface area contributed by atoms with Crippen LogP contribution >= 0.6 is 0 Å². The summed E-state index contributed by atoms with van der Waals surface area (Å²) in [5.74, 6) is 0.691. The third-order valence-corrected chi connectivity index (χ3v) is 3.28. The number of nitrogens with two attached hydrogens (primary N) is 1. The Labute approximate surface area is 98.6 Å². The lowest BCUT2D eigenvalue weighted by Crippen LogP contribution is -2.48. The van der Waals surface area contributed by atoms with Crippen LogP contribution < -0.4 is 11.1 Å². The van der Waals surface area contributed by atoms with Crippen molar-refractivity contribution in [2.45, 2.75) is 45.2 Å². The quantitative estimate of drug-likeness (QED) is 0.738. The van der Waals surface area contributed by atoms with Crippen LogP contribution in [0.15, 0.2) is 0 Å². The van der Waals surface area contributed by atoms with E-state index in [0.29, 0.717) is 18.4 Å². The molecule has 0 radical (unpaired) electrons. The van der Waals surface area contributed by atoms with Crippen molar-refractivity contribution < 1.29 is 4.79 Å². The summed E-state index contributed by atoms with van der Waals surface area (Å²) in [7, 11) is 2.13. The van der Waals surface area contributed by atoms with Crippen LogP contribution in [0.5, 0.6) is 0 Å². The third kappa shape index (κ3) is 4.49. The summed E-state index contributed by atoms with van der Waals surface area (Å²) in [5, 5.41) is 3.12. The van der Waals surface area contributed by atoms with Gasteiger partial charge in [-0.15, -0.1) is 0 Å². The zero-order valence-corrected chi connectivity index (χ0v) is 10.7. The highest BCUT2D eigenvalue weighted by Crippen LogP contribution is 2.15. The minimum atomic E-state index is 0.112. The second kappa shape index (κ2) is 6.21. The molecule has 1 saturated heterocycles. The standard InChI is InChI=1S/C12H25N3O/c1-9-8-15(3)7-6-11(9)14-12(16)5-4-10(2)13/h9-11H,4-8,13H2,1-3H3,(H,14,16). The molecule has 1 rings (SSSR count). The maximum absolute atomic E-state index is 11.7. The summed E-state index contributed by atoms with van der Waals surface area (Å²) in [5.41, 5.74) is 5.63. The van der Waals surface area contributed by atoms with E-state index in [1.165, 1.54) is 0 Å². The topological polar surface area (TPSA) is 58.4 Å². The van der Waals surface area contributed by atoms with Crippen LogP contribution in [0, 0.1) is 5.92 Å². The van der Waals surface area contributed by atoms with Gasteiger partial charge in [0.2, 0.25) is 5.91 Å². The number of carbonyl (C=O) groups excluding carboxylic acids is 1. The van der Waals surface area contributed by atoms with Gasteiger partial charge in [0.25, 0.3) is 0 Å². The molecule has 3 N–H and O–H groups in total. The predicted octanol–water partition coefficient (Wildman–Crippen LogP) is 0.570. The molecule has 94 valence electrons. The summed E-state index contributed by atoms with van der Waals surface area (Å²) in [6, 6.07) is 0.456. The minimum absolute atomic E-state index is 0.112. The highest BCUT2D eigenvalue weighted by Gasteiger charge is 2.25. The lowest BCUT2D eigenvalue weighted by atomic mass is 9.94. The smallest absolute Gasteiger partial charge is 0.220 e. The van der Waals surface area contributed by atoms with E-state index >= 15 is 0 Å². The van der Waals surface area contributed by atoms with Crippen molar-refractivity contribution in [2.24, 2.45) is 11.7 Å². The Morgan fingerprint density at radius 1 is 1.62 bits per heavy atom. The van der Waals surface area contributed by atoms with Gasteiger partial charge in [0.15, 0.2) is 0 Å². The summed E-state index contributed by atoms with van der Waals surface area (Å²) in [6.45, 7) is 6.28. The largest absolute Gasteiger partial charge is 0.353 e. The van der Waals surface area contributed by atoms with Crippen LogP contribution in [0.4, 0.5) is 0 Å². The van der Waals surface area contributed by atoms with Crippen molar-refractivity contribution >= 4 is 5.91 Å². The van der Waals surface area contributed by atoms with Crippen LogP contribution in [-0.4, -0.2) is 43.0 Å². The average molecular weight is 227 g/mol. The molecule has 0 aromatic rings. The van der Waals surface area contributed by atoms with E-state index in [-0.39, 0.29) is 11.9 Å². The summed E-state index contributed by atoms with van der Waals surface area (Å²) in [6.07, 6.45) is 2.38. The number of amides is 1. The average Bonchev–Trinajstić information content (AvgIpc) is 2.19. The Balaban J connectivity index is 2.28. The highest BCUT2D eigenvalue weighted by atomic mass is 16.1. The molecule has 16 heavy (non-hydrogen) atoms. The number of piperidine rings is 1. The molecule has 1 fully saturated rings. The summed E-state index contributed by atoms with van der Waals surface area (Å²) < 4.78 is 0. The normalized spacial score (nSPS) is 28.8. The van der Waals surface area contributed by atoms with Gasteiger partial charge in [-0.3, -0.25) is 4.79 Å². The van der Waals surface area contributed by atoms with Crippen molar-refractivity contribution in [2.75, 3.05) is 20.1 Å². The second-order valence-electron chi connectivity index (χ2n) is 5.22. The molecule has 0 aliphatic carbocycles. The molecular weight excluding hydrogens is 202 g/mol. The van der Waals surface area contributed by atoms with Gasteiger partial charge in [-0.25, -0.2) is 0 Å². The monoisotopic (exact) mass is 227 g/mol. The molecule has 3 atom stereocenters. The van der Waals surface area contributed by atoms with E-state index in [0.717, 1.165) is 25.9 Å². The van der Waals surface area contributed by atoms with Gasteiger partial charge in [0.05, 0.1) is 0 Å². The van der Waals surface area contributed by atoms with Gasteiger partial charge >= 0.3 is 0 Å². The summed E-state index contributed by atoms with van der Waals surface area (Å²) >= 11 is 0. The van der Waals surface area contributed by atoms with Crippen LogP contribution in [-0.2, 0) is 4.79 Å². The maximum atomic E-state index is 11.7. The van der Waals surface area contributed by atoms with E-state index < -0.39 is 0 Å². The molecule has 4 heteroatoms. The van der Waals surface area contributed by atoms with Gasteiger partial charge in [0.1, 0.15) is 0 Å². The van der Waals surface area contributed by atoms with Crippen molar-refractivity contribution in [3.63, 3.8) is 0 Å². The first kappa shape index (κ1) is 13.5. The highest BCUT2D eigenvalue weighted by molar-refractivity contribution is 5.76. The molecule has 1 aliphatic heterocycles. The molecule has 1 aliphatic rings. The first-order valence-electron chi connectivity index (χ1n) is 6.22. The number of carbonyl (C=O) groups is 1. The van der Waals surface area contributed by atoms with Gasteiger partial charge in [-0.1, -0.05) is 6.92 Å². The fourth-order valence-corrected chi connectivity index (χ4v) is 2.21. The number of rotatable bonds is 4. The number of nitrogens with one attached hydrogen (secondary N) is 1. The first-order chi connectivity index (χ1) is 7.49. The fourth-order valence-electron chi connectivity index (χ4n) is 2.21. The predicted molar refractivity (Wildman–Crippen MR) is 66.1 cm³/mol. The Hall–Kier alpha value is -0.610. The third-order valence-electron chi connectivity index (χ3n) is 3.28. The summed E-state index contributed by atoms with van der Waals surface area (Å²) in [4.78, 5) is 14.0. The Morgan fingerprint density at radius 3 is 2.88 bits per heavy atom. The molecule has 0 saturated carbocycles. The van der Waals surface area contributed by atoms with Gasteiger partial charge < -0.3 is 16.0 Å². The SMILES string of the molecule is CC(N)CCC(=O)NC1CCN(C)CC1C. The zero-order valence-electron chi connectivity index (χ0n) is 10.7. The first-order valence-corrected chi connectivity index (χ1v) is 6.22. The lowest BCUT2D eigenvalue weighted by molar-refractivity contribution is -0.122. The molecule has 0 bridgehead atoms. The fraction of sp³-hybridized carbons (Fsp3) is 0.917. The van der Waals surface area contributed by atoms with Gasteiger partial charge in [-0.05, 0) is 39.3 Å². The van der Waals surface area contributed by atoms with E-state index in [1.54, 1.807) is 0 Å². The molecule has 1 amide bonds. The Bertz CT molecular complexity index is 230. The zero-order chi connectivity index (χ0) is 12.1. The number of hydrogen-bond acceptors (Lipinski definition) is 3. The van der Waals surface area contributed by atoms with Crippen molar-refractivity contribution in [1.82, 2.24) is 10.2 Å². The lowest BCUT2D eigenvalue weighted by Gasteiger charge is -2.35. The molecule has 3 unspecified atom stereocenters. The van der Waals surface area contributed by atoms with E-state index in [1.807, 2.05) is 6.92 Å². The molecule has 4 nitrogen and oxygen atoms in total. The molecule has 0 aromatic carbocycles.